The highest BCUT2D eigenvalue weighted by molar-refractivity contribution is 9.10. The maximum atomic E-state index is 11.9. The average Bonchev–Trinajstić information content (AvgIpc) is 2.07. The van der Waals surface area contributed by atoms with Crippen molar-refractivity contribution in [2.45, 2.75) is 6.36 Å². The summed E-state index contributed by atoms with van der Waals surface area (Å²) in [5.74, 6) is -1.20. The van der Waals surface area contributed by atoms with Crippen molar-refractivity contribution >= 4 is 15.9 Å². The molecule has 0 aliphatic heterocycles. The summed E-state index contributed by atoms with van der Waals surface area (Å²) in [6, 6.07) is 1.99. The van der Waals surface area contributed by atoms with Crippen LogP contribution in [-0.2, 0) is 0 Å². The Balaban J connectivity index is 3.08. The second-order valence-corrected chi connectivity index (χ2v) is 3.36. The number of benzene rings is 1. The minimum Gasteiger partial charge on any atom is -0.504 e. The lowest BCUT2D eigenvalue weighted by molar-refractivity contribution is -0.275. The number of alkyl halides is 3. The third-order valence-corrected chi connectivity index (χ3v) is 2.08. The first kappa shape index (κ1) is 12.0. The Bertz CT molecular complexity index is 365. The molecule has 84 valence electrons. The summed E-state index contributed by atoms with van der Waals surface area (Å²) in [6.07, 6.45) is -4.85. The van der Waals surface area contributed by atoms with Crippen LogP contribution in [0.15, 0.2) is 16.6 Å². The molecule has 0 amide bonds. The number of rotatable bonds is 2. The van der Waals surface area contributed by atoms with Gasteiger partial charge in [0.1, 0.15) is 5.75 Å². The minimum atomic E-state index is -4.85. The third-order valence-electron chi connectivity index (χ3n) is 1.46. The van der Waals surface area contributed by atoms with Crippen LogP contribution in [0, 0.1) is 0 Å². The molecule has 0 saturated carbocycles. The first-order chi connectivity index (χ1) is 6.83. The van der Waals surface area contributed by atoms with Gasteiger partial charge in [-0.15, -0.1) is 13.2 Å². The van der Waals surface area contributed by atoms with Gasteiger partial charge in [-0.05, 0) is 15.9 Å². The monoisotopic (exact) mass is 286 g/mol. The molecule has 0 radical (unpaired) electrons. The van der Waals surface area contributed by atoms with Gasteiger partial charge in [-0.2, -0.15) is 0 Å². The lowest BCUT2D eigenvalue weighted by Gasteiger charge is -2.12. The molecule has 1 aromatic rings. The van der Waals surface area contributed by atoms with Crippen LogP contribution < -0.4 is 9.47 Å². The van der Waals surface area contributed by atoms with E-state index in [-0.39, 0.29) is 5.75 Å². The molecule has 0 heterocycles. The van der Waals surface area contributed by atoms with Gasteiger partial charge in [-0.3, -0.25) is 0 Å². The van der Waals surface area contributed by atoms with Crippen LogP contribution >= 0.6 is 15.9 Å². The Kier molecular flexibility index (Phi) is 3.33. The maximum Gasteiger partial charge on any atom is 0.573 e. The van der Waals surface area contributed by atoms with Crippen LogP contribution in [0.3, 0.4) is 0 Å². The van der Waals surface area contributed by atoms with E-state index in [0.29, 0.717) is 4.47 Å². The first-order valence-corrected chi connectivity index (χ1v) is 4.45. The molecule has 3 nitrogen and oxygen atoms in total. The van der Waals surface area contributed by atoms with Crippen LogP contribution in [0.1, 0.15) is 0 Å². The molecule has 0 unspecified atom stereocenters. The molecule has 0 aromatic heterocycles. The van der Waals surface area contributed by atoms with E-state index in [4.69, 9.17) is 9.84 Å². The second kappa shape index (κ2) is 4.18. The highest BCUT2D eigenvalue weighted by Gasteiger charge is 2.32. The summed E-state index contributed by atoms with van der Waals surface area (Å²) in [6.45, 7) is 0. The number of aromatic hydroxyl groups is 1. The molecular formula is C8H6BrF3O3. The summed E-state index contributed by atoms with van der Waals surface area (Å²) in [5.41, 5.74) is 0. The lowest BCUT2D eigenvalue weighted by Crippen LogP contribution is -2.17. The number of ether oxygens (including phenoxy) is 2. The van der Waals surface area contributed by atoms with E-state index < -0.39 is 17.9 Å². The van der Waals surface area contributed by atoms with Gasteiger partial charge in [0.05, 0.1) is 11.6 Å². The fourth-order valence-corrected chi connectivity index (χ4v) is 1.38. The van der Waals surface area contributed by atoms with E-state index in [0.717, 1.165) is 12.1 Å². The maximum absolute atomic E-state index is 11.9. The molecule has 0 saturated heterocycles. The number of phenolic OH excluding ortho intramolecular Hbond substituents is 1. The largest absolute Gasteiger partial charge is 0.573 e. The molecule has 0 aliphatic rings. The number of hydrogen-bond donors (Lipinski definition) is 1. The van der Waals surface area contributed by atoms with Gasteiger partial charge in [0, 0.05) is 12.1 Å². The molecule has 0 atom stereocenters. The van der Waals surface area contributed by atoms with E-state index in [1.807, 2.05) is 0 Å². The normalized spacial score (nSPS) is 11.3. The zero-order chi connectivity index (χ0) is 11.6. The Morgan fingerprint density at radius 1 is 1.27 bits per heavy atom. The summed E-state index contributed by atoms with van der Waals surface area (Å²) in [7, 11) is 1.29. The number of phenols is 1. The van der Waals surface area contributed by atoms with Crippen LogP contribution in [-0.4, -0.2) is 18.6 Å². The molecule has 0 aliphatic carbocycles. The van der Waals surface area contributed by atoms with E-state index in [2.05, 4.69) is 20.7 Å². The van der Waals surface area contributed by atoms with Crippen LogP contribution in [0.25, 0.3) is 0 Å². The van der Waals surface area contributed by atoms with Crippen LogP contribution in [0.2, 0.25) is 0 Å². The highest BCUT2D eigenvalue weighted by Crippen LogP contribution is 2.39. The van der Waals surface area contributed by atoms with Crippen molar-refractivity contribution in [1.29, 1.82) is 0 Å². The molecule has 0 fully saturated rings. The van der Waals surface area contributed by atoms with Crippen LogP contribution in [0.4, 0.5) is 13.2 Å². The molecular weight excluding hydrogens is 281 g/mol. The van der Waals surface area contributed by atoms with Gasteiger partial charge in [0.2, 0.25) is 0 Å². The summed E-state index contributed by atoms with van der Waals surface area (Å²) >= 11 is 3.00. The first-order valence-electron chi connectivity index (χ1n) is 3.65. The zero-order valence-electron chi connectivity index (χ0n) is 7.43. The molecule has 1 N–H and O–H groups in total. The van der Waals surface area contributed by atoms with Gasteiger partial charge in [-0.1, -0.05) is 0 Å². The van der Waals surface area contributed by atoms with Crippen LogP contribution in [0.5, 0.6) is 17.2 Å². The Labute approximate surface area is 91.5 Å². The summed E-state index contributed by atoms with van der Waals surface area (Å²) in [4.78, 5) is 0. The van der Waals surface area contributed by atoms with Gasteiger partial charge < -0.3 is 14.6 Å². The number of halogens is 4. The number of hydrogen-bond acceptors (Lipinski definition) is 3. The summed E-state index contributed by atoms with van der Waals surface area (Å²) in [5, 5.41) is 9.16. The minimum absolute atomic E-state index is 0.132. The highest BCUT2D eigenvalue weighted by atomic mass is 79.9. The average molecular weight is 287 g/mol. The van der Waals surface area contributed by atoms with Gasteiger partial charge >= 0.3 is 6.36 Å². The SMILES string of the molecule is COc1cc(OC(F)(F)F)c(O)cc1Br. The summed E-state index contributed by atoms with van der Waals surface area (Å²) < 4.78 is 44.3. The molecule has 1 aromatic carbocycles. The second-order valence-electron chi connectivity index (χ2n) is 2.50. The molecule has 1 rings (SSSR count). The fourth-order valence-electron chi connectivity index (χ4n) is 0.887. The zero-order valence-corrected chi connectivity index (χ0v) is 9.02. The molecule has 0 bridgehead atoms. The molecule has 0 spiro atoms. The smallest absolute Gasteiger partial charge is 0.504 e. The van der Waals surface area contributed by atoms with Crippen molar-refractivity contribution in [3.8, 4) is 17.2 Å². The van der Waals surface area contributed by atoms with Gasteiger partial charge in [0.25, 0.3) is 0 Å². The fraction of sp³-hybridized carbons (Fsp3) is 0.250. The topological polar surface area (TPSA) is 38.7 Å². The van der Waals surface area contributed by atoms with E-state index >= 15 is 0 Å². The van der Waals surface area contributed by atoms with E-state index in [1.54, 1.807) is 0 Å². The van der Waals surface area contributed by atoms with E-state index in [9.17, 15) is 13.2 Å². The van der Waals surface area contributed by atoms with Crippen molar-refractivity contribution in [2.75, 3.05) is 7.11 Å². The molecule has 15 heavy (non-hydrogen) atoms. The number of methoxy groups -OCH3 is 1. The van der Waals surface area contributed by atoms with Crippen molar-refractivity contribution in [3.63, 3.8) is 0 Å². The lowest BCUT2D eigenvalue weighted by atomic mass is 10.3. The third kappa shape index (κ3) is 3.19. The Hall–Kier alpha value is -1.11. The quantitative estimate of drug-likeness (QED) is 0.908. The van der Waals surface area contributed by atoms with E-state index in [1.165, 1.54) is 7.11 Å². The predicted octanol–water partition coefficient (Wildman–Crippen LogP) is 3.06. The Morgan fingerprint density at radius 2 is 1.87 bits per heavy atom. The van der Waals surface area contributed by atoms with Crippen molar-refractivity contribution in [2.24, 2.45) is 0 Å². The predicted molar refractivity (Wildman–Crippen MR) is 49.0 cm³/mol. The molecule has 7 heteroatoms. The van der Waals surface area contributed by atoms with Gasteiger partial charge in [0.15, 0.2) is 11.5 Å². The Morgan fingerprint density at radius 3 is 2.33 bits per heavy atom. The van der Waals surface area contributed by atoms with Crippen molar-refractivity contribution < 1.29 is 27.8 Å². The standard InChI is InChI=1S/C8H6BrF3O3/c1-14-6-3-7(15-8(10,11)12)5(13)2-4(6)9/h2-3,13H,1H3. The van der Waals surface area contributed by atoms with Gasteiger partial charge in [-0.25, -0.2) is 0 Å². The van der Waals surface area contributed by atoms with Crippen molar-refractivity contribution in [1.82, 2.24) is 0 Å². The van der Waals surface area contributed by atoms with Crippen molar-refractivity contribution in [3.05, 3.63) is 16.6 Å².